The summed E-state index contributed by atoms with van der Waals surface area (Å²) < 4.78 is 0. The molecule has 1 aromatic rings. The topological polar surface area (TPSA) is 52.7 Å². The molecule has 1 N–H and O–H groups in total. The molecule has 1 fully saturated rings. The number of likely N-dealkylation sites (N-methyl/N-ethyl adjacent to an activating group) is 1. The zero-order valence-corrected chi connectivity index (χ0v) is 12.8. The van der Waals surface area contributed by atoms with Gasteiger partial charge in [0.25, 0.3) is 0 Å². The summed E-state index contributed by atoms with van der Waals surface area (Å²) in [6, 6.07) is 7.68. The Balaban J connectivity index is 1.88. The van der Waals surface area contributed by atoms with Crippen molar-refractivity contribution in [2.75, 3.05) is 44.2 Å². The maximum absolute atomic E-state index is 11.9. The number of carbonyl (C=O) groups excluding carboxylic acids is 2. The SMILES string of the molecule is CCNCC(=O)N1CCN(c2ccc(C(C)=O)cc2)CC1. The minimum absolute atomic E-state index is 0.0837. The Hall–Kier alpha value is -1.88. The van der Waals surface area contributed by atoms with Crippen LogP contribution >= 0.6 is 0 Å². The molecule has 0 atom stereocenters. The van der Waals surface area contributed by atoms with Gasteiger partial charge in [-0.05, 0) is 37.7 Å². The quantitative estimate of drug-likeness (QED) is 0.826. The summed E-state index contributed by atoms with van der Waals surface area (Å²) in [6.07, 6.45) is 0. The first kappa shape index (κ1) is 15.5. The van der Waals surface area contributed by atoms with Gasteiger partial charge in [-0.3, -0.25) is 9.59 Å². The fourth-order valence-corrected chi connectivity index (χ4v) is 2.46. The van der Waals surface area contributed by atoms with Crippen molar-refractivity contribution < 1.29 is 9.59 Å². The van der Waals surface area contributed by atoms with Gasteiger partial charge in [-0.2, -0.15) is 0 Å². The first-order chi connectivity index (χ1) is 10.1. The van der Waals surface area contributed by atoms with E-state index in [0.29, 0.717) is 6.54 Å². The smallest absolute Gasteiger partial charge is 0.236 e. The number of amides is 1. The summed E-state index contributed by atoms with van der Waals surface area (Å²) in [7, 11) is 0. The van der Waals surface area contributed by atoms with Gasteiger partial charge in [0, 0.05) is 37.4 Å². The maximum atomic E-state index is 11.9. The molecule has 1 saturated heterocycles. The first-order valence-corrected chi connectivity index (χ1v) is 7.46. The summed E-state index contributed by atoms with van der Waals surface area (Å²) in [5.41, 5.74) is 1.84. The van der Waals surface area contributed by atoms with E-state index in [1.54, 1.807) is 6.92 Å². The van der Waals surface area contributed by atoms with Gasteiger partial charge in [0.05, 0.1) is 6.54 Å². The molecule has 0 unspecified atom stereocenters. The number of nitrogens with one attached hydrogen (secondary N) is 1. The molecule has 1 aliphatic heterocycles. The molecule has 0 aromatic heterocycles. The van der Waals surface area contributed by atoms with Crippen molar-refractivity contribution >= 4 is 17.4 Å². The van der Waals surface area contributed by atoms with Gasteiger partial charge < -0.3 is 15.1 Å². The predicted octanol–water partition coefficient (Wildman–Crippen LogP) is 1.15. The van der Waals surface area contributed by atoms with Crippen LogP contribution in [0.1, 0.15) is 24.2 Å². The number of rotatable bonds is 5. The normalized spacial score (nSPS) is 15.1. The number of hydrogen-bond donors (Lipinski definition) is 1. The molecule has 114 valence electrons. The Morgan fingerprint density at radius 1 is 1.10 bits per heavy atom. The second-order valence-electron chi connectivity index (χ2n) is 5.25. The third-order valence-corrected chi connectivity index (χ3v) is 3.80. The molecular formula is C16H23N3O2. The molecule has 0 aliphatic carbocycles. The highest BCUT2D eigenvalue weighted by atomic mass is 16.2. The van der Waals surface area contributed by atoms with E-state index in [1.807, 2.05) is 36.1 Å². The zero-order valence-electron chi connectivity index (χ0n) is 12.8. The number of ketones is 1. The van der Waals surface area contributed by atoms with Crippen LogP contribution in [-0.2, 0) is 4.79 Å². The van der Waals surface area contributed by atoms with Gasteiger partial charge in [0.15, 0.2) is 5.78 Å². The van der Waals surface area contributed by atoms with Gasteiger partial charge in [0.2, 0.25) is 5.91 Å². The van der Waals surface area contributed by atoms with E-state index in [0.717, 1.165) is 44.0 Å². The molecule has 0 saturated carbocycles. The number of carbonyl (C=O) groups is 2. The van der Waals surface area contributed by atoms with Crippen LogP contribution in [0.4, 0.5) is 5.69 Å². The summed E-state index contributed by atoms with van der Waals surface area (Å²) in [6.45, 7) is 7.96. The highest BCUT2D eigenvalue weighted by molar-refractivity contribution is 5.94. The molecule has 0 spiro atoms. The third-order valence-electron chi connectivity index (χ3n) is 3.80. The maximum Gasteiger partial charge on any atom is 0.236 e. The molecule has 1 aliphatic rings. The second-order valence-corrected chi connectivity index (χ2v) is 5.25. The van der Waals surface area contributed by atoms with E-state index in [9.17, 15) is 9.59 Å². The van der Waals surface area contributed by atoms with Crippen LogP contribution in [0.15, 0.2) is 24.3 Å². The van der Waals surface area contributed by atoms with Crippen molar-refractivity contribution in [2.24, 2.45) is 0 Å². The number of benzene rings is 1. The van der Waals surface area contributed by atoms with Crippen LogP contribution in [-0.4, -0.2) is 55.9 Å². The monoisotopic (exact) mass is 289 g/mol. The van der Waals surface area contributed by atoms with Gasteiger partial charge >= 0.3 is 0 Å². The predicted molar refractivity (Wildman–Crippen MR) is 83.8 cm³/mol. The summed E-state index contributed by atoms with van der Waals surface area (Å²) in [4.78, 5) is 27.4. The molecular weight excluding hydrogens is 266 g/mol. The van der Waals surface area contributed by atoms with Crippen LogP contribution < -0.4 is 10.2 Å². The molecule has 5 heteroatoms. The molecule has 2 rings (SSSR count). The molecule has 5 nitrogen and oxygen atoms in total. The standard InChI is InChI=1S/C16H23N3O2/c1-3-17-12-16(21)19-10-8-18(9-11-19)15-6-4-14(5-7-15)13(2)20/h4-7,17H,3,8-12H2,1-2H3. The molecule has 1 aromatic carbocycles. The molecule has 1 amide bonds. The Morgan fingerprint density at radius 3 is 2.24 bits per heavy atom. The zero-order chi connectivity index (χ0) is 15.2. The number of nitrogens with zero attached hydrogens (tertiary/aromatic N) is 2. The van der Waals surface area contributed by atoms with Crippen LogP contribution in [0.25, 0.3) is 0 Å². The molecule has 0 bridgehead atoms. The van der Waals surface area contributed by atoms with E-state index >= 15 is 0 Å². The van der Waals surface area contributed by atoms with Crippen LogP contribution in [0.3, 0.4) is 0 Å². The van der Waals surface area contributed by atoms with E-state index in [1.165, 1.54) is 0 Å². The van der Waals surface area contributed by atoms with Crippen molar-refractivity contribution in [1.29, 1.82) is 0 Å². The largest absolute Gasteiger partial charge is 0.368 e. The Labute approximate surface area is 125 Å². The first-order valence-electron chi connectivity index (χ1n) is 7.46. The molecule has 21 heavy (non-hydrogen) atoms. The van der Waals surface area contributed by atoms with Crippen LogP contribution in [0.2, 0.25) is 0 Å². The van der Waals surface area contributed by atoms with Crippen molar-refractivity contribution in [1.82, 2.24) is 10.2 Å². The summed E-state index contributed by atoms with van der Waals surface area (Å²) >= 11 is 0. The third kappa shape index (κ3) is 4.04. The van der Waals surface area contributed by atoms with E-state index in [-0.39, 0.29) is 11.7 Å². The van der Waals surface area contributed by atoms with E-state index < -0.39 is 0 Å². The highest BCUT2D eigenvalue weighted by Crippen LogP contribution is 2.17. The van der Waals surface area contributed by atoms with Gasteiger partial charge in [-0.15, -0.1) is 0 Å². The van der Waals surface area contributed by atoms with Gasteiger partial charge in [0.1, 0.15) is 0 Å². The average molecular weight is 289 g/mol. The van der Waals surface area contributed by atoms with E-state index in [2.05, 4.69) is 10.2 Å². The Kier molecular flexibility index (Phi) is 5.33. The fourth-order valence-electron chi connectivity index (χ4n) is 2.46. The van der Waals surface area contributed by atoms with Crippen molar-refractivity contribution in [3.63, 3.8) is 0 Å². The highest BCUT2D eigenvalue weighted by Gasteiger charge is 2.20. The van der Waals surface area contributed by atoms with Gasteiger partial charge in [-0.1, -0.05) is 6.92 Å². The summed E-state index contributed by atoms with van der Waals surface area (Å²) in [5.74, 6) is 0.254. The number of piperazine rings is 1. The number of hydrogen-bond acceptors (Lipinski definition) is 4. The average Bonchev–Trinajstić information content (AvgIpc) is 2.53. The number of Topliss-reactive ketones (excluding diaryl/α,β-unsaturated/α-hetero) is 1. The lowest BCUT2D eigenvalue weighted by atomic mass is 10.1. The molecule has 1 heterocycles. The van der Waals surface area contributed by atoms with Crippen molar-refractivity contribution in [2.45, 2.75) is 13.8 Å². The summed E-state index contributed by atoms with van der Waals surface area (Å²) in [5, 5.41) is 3.07. The second kappa shape index (κ2) is 7.22. The lowest BCUT2D eigenvalue weighted by Crippen LogP contribution is -2.50. The lowest BCUT2D eigenvalue weighted by Gasteiger charge is -2.36. The van der Waals surface area contributed by atoms with Crippen molar-refractivity contribution in [3.8, 4) is 0 Å². The Morgan fingerprint density at radius 2 is 1.71 bits per heavy atom. The minimum atomic E-state index is 0.0837. The van der Waals surface area contributed by atoms with Crippen LogP contribution in [0, 0.1) is 0 Å². The Bertz CT molecular complexity index is 491. The van der Waals surface area contributed by atoms with E-state index in [4.69, 9.17) is 0 Å². The minimum Gasteiger partial charge on any atom is -0.368 e. The fraction of sp³-hybridized carbons (Fsp3) is 0.500. The number of anilines is 1. The van der Waals surface area contributed by atoms with Gasteiger partial charge in [-0.25, -0.2) is 0 Å². The van der Waals surface area contributed by atoms with Crippen LogP contribution in [0.5, 0.6) is 0 Å². The van der Waals surface area contributed by atoms with Crippen molar-refractivity contribution in [3.05, 3.63) is 29.8 Å². The lowest BCUT2D eigenvalue weighted by molar-refractivity contribution is -0.130. The molecule has 0 radical (unpaired) electrons.